The van der Waals surface area contributed by atoms with E-state index in [4.69, 9.17) is 9.47 Å². The highest BCUT2D eigenvalue weighted by molar-refractivity contribution is 6.00. The van der Waals surface area contributed by atoms with E-state index in [1.807, 2.05) is 6.92 Å². The van der Waals surface area contributed by atoms with Crippen LogP contribution in [0.5, 0.6) is 0 Å². The Balaban J connectivity index is 2.31. The van der Waals surface area contributed by atoms with Gasteiger partial charge < -0.3 is 9.47 Å². The highest BCUT2D eigenvalue weighted by Gasteiger charge is 2.67. The third-order valence-electron chi connectivity index (χ3n) is 7.17. The zero-order valence-corrected chi connectivity index (χ0v) is 17.2. The monoisotopic (exact) mass is 388 g/mol. The summed E-state index contributed by atoms with van der Waals surface area (Å²) in [5.41, 5.74) is -2.49. The zero-order valence-electron chi connectivity index (χ0n) is 17.2. The van der Waals surface area contributed by atoms with Gasteiger partial charge >= 0.3 is 11.9 Å². The summed E-state index contributed by atoms with van der Waals surface area (Å²) in [4.78, 5) is 49.1. The van der Waals surface area contributed by atoms with Crippen LogP contribution in [0.4, 0.5) is 0 Å². The first-order valence-corrected chi connectivity index (χ1v) is 9.71. The van der Waals surface area contributed by atoms with Gasteiger partial charge in [0.15, 0.2) is 11.4 Å². The number of carbonyl (C=O) groups is 4. The van der Waals surface area contributed by atoms with Gasteiger partial charge in [-0.05, 0) is 24.3 Å². The molecule has 0 unspecified atom stereocenters. The second kappa shape index (κ2) is 6.39. The van der Waals surface area contributed by atoms with Crippen molar-refractivity contribution in [3.63, 3.8) is 0 Å². The van der Waals surface area contributed by atoms with Gasteiger partial charge in [0.25, 0.3) is 0 Å². The standard InChI is InChI=1S/C22H28O6/c1-12(2)15-7-17(25)16-8-22(13(3)11-23)21(6,10-19(26)28-22)18(27-14(4)24)9-20(15,16)5/h8,11-12,15,18H,3,7,9-10H2,1-2,4-6H3/t15-,18-,20-,21+,22+/m0/s1. The van der Waals surface area contributed by atoms with Crippen molar-refractivity contribution < 1.29 is 28.7 Å². The van der Waals surface area contributed by atoms with Gasteiger partial charge in [0.05, 0.1) is 11.8 Å². The molecule has 2 aliphatic carbocycles. The summed E-state index contributed by atoms with van der Waals surface area (Å²) >= 11 is 0. The predicted octanol–water partition coefficient (Wildman–Crippen LogP) is 2.95. The minimum Gasteiger partial charge on any atom is -0.462 e. The normalized spacial score (nSPS) is 39.6. The lowest BCUT2D eigenvalue weighted by molar-refractivity contribution is -0.161. The van der Waals surface area contributed by atoms with E-state index < -0.39 is 34.5 Å². The molecule has 6 nitrogen and oxygen atoms in total. The van der Waals surface area contributed by atoms with Crippen molar-refractivity contribution in [3.8, 4) is 0 Å². The van der Waals surface area contributed by atoms with Crippen LogP contribution in [0.25, 0.3) is 0 Å². The van der Waals surface area contributed by atoms with Crippen LogP contribution >= 0.6 is 0 Å². The summed E-state index contributed by atoms with van der Waals surface area (Å²) < 4.78 is 11.4. The van der Waals surface area contributed by atoms with E-state index in [1.165, 1.54) is 6.92 Å². The Hall–Kier alpha value is -2.24. The fraction of sp³-hybridized carbons (Fsp3) is 0.636. The molecule has 3 rings (SSSR count). The Morgan fingerprint density at radius 3 is 2.54 bits per heavy atom. The number of hydrogen-bond acceptors (Lipinski definition) is 6. The van der Waals surface area contributed by atoms with E-state index in [1.54, 1.807) is 13.0 Å². The van der Waals surface area contributed by atoms with Crippen LogP contribution in [0.1, 0.15) is 53.9 Å². The molecular formula is C22H28O6. The average Bonchev–Trinajstić information content (AvgIpc) is 2.97. The predicted molar refractivity (Wildman–Crippen MR) is 101 cm³/mol. The summed E-state index contributed by atoms with van der Waals surface area (Å²) in [7, 11) is 0. The van der Waals surface area contributed by atoms with E-state index >= 15 is 0 Å². The largest absolute Gasteiger partial charge is 0.462 e. The van der Waals surface area contributed by atoms with Crippen molar-refractivity contribution in [2.45, 2.75) is 65.6 Å². The molecule has 152 valence electrons. The van der Waals surface area contributed by atoms with Gasteiger partial charge in [-0.3, -0.25) is 19.2 Å². The summed E-state index contributed by atoms with van der Waals surface area (Å²) in [5, 5.41) is 0. The van der Waals surface area contributed by atoms with Crippen LogP contribution in [0.15, 0.2) is 23.8 Å². The third-order valence-corrected chi connectivity index (χ3v) is 7.17. The molecule has 0 spiro atoms. The van der Waals surface area contributed by atoms with Crippen LogP contribution in [0.3, 0.4) is 0 Å². The molecule has 28 heavy (non-hydrogen) atoms. The Labute approximate surface area is 165 Å². The van der Waals surface area contributed by atoms with E-state index in [-0.39, 0.29) is 29.6 Å². The number of rotatable bonds is 4. The zero-order chi connectivity index (χ0) is 21.1. The van der Waals surface area contributed by atoms with Gasteiger partial charge in [-0.25, -0.2) is 0 Å². The van der Waals surface area contributed by atoms with Gasteiger partial charge in [-0.1, -0.05) is 34.3 Å². The fourth-order valence-corrected chi connectivity index (χ4v) is 5.64. The molecule has 5 atom stereocenters. The number of aldehydes is 1. The summed E-state index contributed by atoms with van der Waals surface area (Å²) in [6.45, 7) is 13.1. The lowest BCUT2D eigenvalue weighted by Crippen LogP contribution is -2.52. The van der Waals surface area contributed by atoms with E-state index in [9.17, 15) is 19.2 Å². The fourth-order valence-electron chi connectivity index (χ4n) is 5.64. The molecule has 1 saturated carbocycles. The van der Waals surface area contributed by atoms with Crippen molar-refractivity contribution >= 4 is 24.0 Å². The number of ketones is 1. The topological polar surface area (TPSA) is 86.7 Å². The number of Topliss-reactive ketones (excluding diaryl/α,β-unsaturated/α-hetero) is 1. The van der Waals surface area contributed by atoms with Gasteiger partial charge in [0, 0.05) is 29.9 Å². The first-order chi connectivity index (χ1) is 12.9. The Bertz CT molecular complexity index is 808. The Morgan fingerprint density at radius 2 is 2.00 bits per heavy atom. The minimum absolute atomic E-state index is 0.0203. The molecule has 0 radical (unpaired) electrons. The van der Waals surface area contributed by atoms with Crippen LogP contribution in [0.2, 0.25) is 0 Å². The second-order valence-corrected chi connectivity index (χ2v) is 9.20. The first-order valence-electron chi connectivity index (χ1n) is 9.71. The van der Waals surface area contributed by atoms with Crippen LogP contribution < -0.4 is 0 Å². The van der Waals surface area contributed by atoms with E-state index in [0.29, 0.717) is 24.7 Å². The maximum atomic E-state index is 13.0. The second-order valence-electron chi connectivity index (χ2n) is 9.20. The molecule has 6 heteroatoms. The smallest absolute Gasteiger partial charge is 0.307 e. The molecule has 3 aliphatic rings. The molecule has 0 bridgehead atoms. The lowest BCUT2D eigenvalue weighted by Gasteiger charge is -2.43. The molecule has 2 fully saturated rings. The van der Waals surface area contributed by atoms with Crippen LogP contribution in [0, 0.1) is 22.7 Å². The third kappa shape index (κ3) is 2.60. The van der Waals surface area contributed by atoms with Crippen LogP contribution in [-0.4, -0.2) is 35.7 Å². The number of fused-ring (bicyclic) bond motifs is 2. The SMILES string of the molecule is C=C(C=O)[C@]12C=C3C(=O)C[C@@H](C(C)C)[C@]3(C)C[C@H](OC(C)=O)[C@@]1(C)CC(=O)O2. The Kier molecular flexibility index (Phi) is 4.68. The van der Waals surface area contributed by atoms with Crippen molar-refractivity contribution in [1.82, 2.24) is 0 Å². The van der Waals surface area contributed by atoms with Gasteiger partial charge in [-0.2, -0.15) is 0 Å². The molecule has 1 aliphatic heterocycles. The van der Waals surface area contributed by atoms with Crippen molar-refractivity contribution in [3.05, 3.63) is 23.8 Å². The van der Waals surface area contributed by atoms with E-state index in [2.05, 4.69) is 20.4 Å². The lowest BCUT2D eigenvalue weighted by atomic mass is 9.64. The molecule has 0 aromatic heterocycles. The quantitative estimate of drug-likeness (QED) is 0.418. The van der Waals surface area contributed by atoms with Gasteiger partial charge in [-0.15, -0.1) is 0 Å². The molecule has 0 N–H and O–H groups in total. The number of allylic oxidation sites excluding steroid dienone is 1. The molecule has 0 amide bonds. The Morgan fingerprint density at radius 1 is 1.36 bits per heavy atom. The van der Waals surface area contributed by atoms with E-state index in [0.717, 1.165) is 0 Å². The summed E-state index contributed by atoms with van der Waals surface area (Å²) in [6, 6.07) is 0. The number of hydrogen-bond donors (Lipinski definition) is 0. The first kappa shape index (κ1) is 20.5. The maximum Gasteiger partial charge on any atom is 0.307 e. The van der Waals surface area contributed by atoms with Gasteiger partial charge in [0.1, 0.15) is 12.4 Å². The average molecular weight is 388 g/mol. The molecule has 0 aromatic carbocycles. The molecular weight excluding hydrogens is 360 g/mol. The highest BCUT2D eigenvalue weighted by Crippen LogP contribution is 2.62. The maximum absolute atomic E-state index is 13.0. The van der Waals surface area contributed by atoms with Crippen LogP contribution in [-0.2, 0) is 28.7 Å². The van der Waals surface area contributed by atoms with Crippen molar-refractivity contribution in [1.29, 1.82) is 0 Å². The number of esters is 2. The number of ether oxygens (including phenoxy) is 2. The minimum atomic E-state index is -1.50. The number of carbonyl (C=O) groups excluding carboxylic acids is 4. The van der Waals surface area contributed by atoms with Crippen molar-refractivity contribution in [2.24, 2.45) is 22.7 Å². The molecule has 1 heterocycles. The summed E-state index contributed by atoms with van der Waals surface area (Å²) in [5.74, 6) is -0.712. The molecule has 0 aromatic rings. The summed E-state index contributed by atoms with van der Waals surface area (Å²) in [6.07, 6.45) is 2.22. The van der Waals surface area contributed by atoms with Crippen molar-refractivity contribution in [2.75, 3.05) is 0 Å². The molecule has 1 saturated heterocycles. The van der Waals surface area contributed by atoms with Gasteiger partial charge in [0.2, 0.25) is 0 Å². The highest BCUT2D eigenvalue weighted by atomic mass is 16.6.